The van der Waals surface area contributed by atoms with E-state index in [2.05, 4.69) is 10.6 Å². The lowest BCUT2D eigenvalue weighted by Gasteiger charge is -2.43. The van der Waals surface area contributed by atoms with E-state index in [1.165, 1.54) is 19.3 Å². The summed E-state index contributed by atoms with van der Waals surface area (Å²) < 4.78 is 0. The monoisotopic (exact) mass is 183 g/mol. The average molecular weight is 183 g/mol. The second-order valence-electron chi connectivity index (χ2n) is 4.49. The van der Waals surface area contributed by atoms with Gasteiger partial charge >= 0.3 is 0 Å². The maximum atomic E-state index is 6.43. The lowest BCUT2D eigenvalue weighted by atomic mass is 9.79. The Kier molecular flexibility index (Phi) is 2.86. The third-order valence-electron chi connectivity index (χ3n) is 3.54. The van der Waals surface area contributed by atoms with Crippen molar-refractivity contribution in [3.63, 3.8) is 0 Å². The van der Waals surface area contributed by atoms with E-state index in [1.54, 1.807) is 0 Å². The molecule has 0 aliphatic carbocycles. The molecule has 0 amide bonds. The Bertz CT molecular complexity index is 158. The zero-order chi connectivity index (χ0) is 9.15. The molecule has 0 radical (unpaired) electrons. The fourth-order valence-corrected chi connectivity index (χ4v) is 2.58. The molecule has 0 saturated carbocycles. The van der Waals surface area contributed by atoms with Crippen molar-refractivity contribution in [2.24, 2.45) is 5.73 Å². The predicted octanol–water partition coefficient (Wildman–Crippen LogP) is 0.209. The van der Waals surface area contributed by atoms with Crippen LogP contribution in [-0.2, 0) is 0 Å². The first-order valence-electron chi connectivity index (χ1n) is 5.54. The van der Waals surface area contributed by atoms with Crippen LogP contribution in [-0.4, -0.2) is 31.2 Å². The molecule has 0 aromatic rings. The summed E-state index contributed by atoms with van der Waals surface area (Å²) >= 11 is 0. The second-order valence-corrected chi connectivity index (χ2v) is 4.49. The summed E-state index contributed by atoms with van der Waals surface area (Å²) in [7, 11) is 0. The van der Waals surface area contributed by atoms with Gasteiger partial charge in [0.1, 0.15) is 0 Å². The summed E-state index contributed by atoms with van der Waals surface area (Å²) in [5.74, 6) is 0. The Morgan fingerprint density at radius 2 is 1.85 bits per heavy atom. The molecule has 2 saturated heterocycles. The van der Waals surface area contributed by atoms with Gasteiger partial charge in [0.05, 0.1) is 0 Å². The molecule has 4 N–H and O–H groups in total. The molecule has 13 heavy (non-hydrogen) atoms. The Morgan fingerprint density at radius 3 is 2.46 bits per heavy atom. The fourth-order valence-electron chi connectivity index (χ4n) is 2.58. The molecule has 2 heterocycles. The molecule has 1 unspecified atom stereocenters. The van der Waals surface area contributed by atoms with Crippen LogP contribution in [0.2, 0.25) is 0 Å². The fraction of sp³-hybridized carbons (Fsp3) is 1.00. The van der Waals surface area contributed by atoms with Crippen molar-refractivity contribution in [3.05, 3.63) is 0 Å². The molecule has 2 rings (SSSR count). The predicted molar refractivity (Wildman–Crippen MR) is 54.7 cm³/mol. The van der Waals surface area contributed by atoms with E-state index < -0.39 is 0 Å². The van der Waals surface area contributed by atoms with Crippen LogP contribution in [0.15, 0.2) is 0 Å². The van der Waals surface area contributed by atoms with Gasteiger partial charge in [-0.2, -0.15) is 0 Å². The summed E-state index contributed by atoms with van der Waals surface area (Å²) in [6, 6.07) is 0.573. The molecule has 3 nitrogen and oxygen atoms in total. The number of hydrogen-bond acceptors (Lipinski definition) is 3. The molecular formula is C10H21N3. The van der Waals surface area contributed by atoms with Gasteiger partial charge in [-0.05, 0) is 45.3 Å². The van der Waals surface area contributed by atoms with Crippen molar-refractivity contribution >= 4 is 0 Å². The van der Waals surface area contributed by atoms with Gasteiger partial charge in [0.25, 0.3) is 0 Å². The first-order valence-corrected chi connectivity index (χ1v) is 5.54. The Hall–Kier alpha value is -0.120. The van der Waals surface area contributed by atoms with Crippen LogP contribution >= 0.6 is 0 Å². The van der Waals surface area contributed by atoms with E-state index in [0.29, 0.717) is 6.04 Å². The van der Waals surface area contributed by atoms with Crippen molar-refractivity contribution in [1.29, 1.82) is 0 Å². The van der Waals surface area contributed by atoms with Crippen molar-refractivity contribution in [3.8, 4) is 0 Å². The number of nitrogens with two attached hydrogens (primary N) is 1. The van der Waals surface area contributed by atoms with Gasteiger partial charge in [0.2, 0.25) is 0 Å². The molecule has 0 aromatic heterocycles. The summed E-state index contributed by atoms with van der Waals surface area (Å²) in [4.78, 5) is 0. The topological polar surface area (TPSA) is 50.1 Å². The largest absolute Gasteiger partial charge is 0.324 e. The van der Waals surface area contributed by atoms with Crippen molar-refractivity contribution in [1.82, 2.24) is 10.6 Å². The van der Waals surface area contributed by atoms with E-state index in [-0.39, 0.29) is 5.54 Å². The SMILES string of the molecule is NC1(C2CCCCN2)CCNCC1. The molecule has 2 aliphatic rings. The number of hydrogen-bond donors (Lipinski definition) is 3. The Labute approximate surface area is 80.5 Å². The zero-order valence-electron chi connectivity index (χ0n) is 8.31. The minimum absolute atomic E-state index is 0.0751. The van der Waals surface area contributed by atoms with Gasteiger partial charge in [-0.25, -0.2) is 0 Å². The molecule has 0 aromatic carbocycles. The second kappa shape index (κ2) is 3.95. The van der Waals surface area contributed by atoms with Crippen molar-refractivity contribution < 1.29 is 0 Å². The number of nitrogens with one attached hydrogen (secondary N) is 2. The van der Waals surface area contributed by atoms with Crippen LogP contribution in [0, 0.1) is 0 Å². The van der Waals surface area contributed by atoms with E-state index in [0.717, 1.165) is 32.5 Å². The highest BCUT2D eigenvalue weighted by Crippen LogP contribution is 2.24. The first kappa shape index (κ1) is 9.44. The van der Waals surface area contributed by atoms with Crippen LogP contribution < -0.4 is 16.4 Å². The molecule has 0 bridgehead atoms. The van der Waals surface area contributed by atoms with E-state index in [4.69, 9.17) is 5.73 Å². The molecule has 76 valence electrons. The van der Waals surface area contributed by atoms with Crippen LogP contribution in [0.3, 0.4) is 0 Å². The maximum absolute atomic E-state index is 6.43. The summed E-state index contributed by atoms with van der Waals surface area (Å²) in [6.45, 7) is 3.35. The number of rotatable bonds is 1. The van der Waals surface area contributed by atoms with Gasteiger partial charge in [-0.3, -0.25) is 0 Å². The van der Waals surface area contributed by atoms with Crippen LogP contribution in [0.4, 0.5) is 0 Å². The highest BCUT2D eigenvalue weighted by Gasteiger charge is 2.36. The van der Waals surface area contributed by atoms with E-state index >= 15 is 0 Å². The van der Waals surface area contributed by atoms with Gasteiger partial charge in [-0.1, -0.05) is 6.42 Å². The normalized spacial score (nSPS) is 34.4. The summed E-state index contributed by atoms with van der Waals surface area (Å²) in [5.41, 5.74) is 6.51. The molecule has 3 heteroatoms. The minimum Gasteiger partial charge on any atom is -0.324 e. The van der Waals surface area contributed by atoms with Crippen LogP contribution in [0.25, 0.3) is 0 Å². The third kappa shape index (κ3) is 2.03. The third-order valence-corrected chi connectivity index (χ3v) is 3.54. The highest BCUT2D eigenvalue weighted by molar-refractivity contribution is 5.00. The molecule has 2 fully saturated rings. The molecule has 1 atom stereocenters. The van der Waals surface area contributed by atoms with Crippen molar-refractivity contribution in [2.45, 2.75) is 43.7 Å². The Morgan fingerprint density at radius 1 is 1.08 bits per heavy atom. The summed E-state index contributed by atoms with van der Waals surface area (Å²) in [5, 5.41) is 6.95. The standard InChI is InChI=1S/C10H21N3/c11-10(4-7-12-8-5-10)9-3-1-2-6-13-9/h9,12-13H,1-8,11H2. The first-order chi connectivity index (χ1) is 6.31. The molecule has 0 spiro atoms. The maximum Gasteiger partial charge on any atom is 0.0334 e. The smallest absolute Gasteiger partial charge is 0.0334 e. The molecular weight excluding hydrogens is 162 g/mol. The average Bonchev–Trinajstić information content (AvgIpc) is 2.20. The van der Waals surface area contributed by atoms with Gasteiger partial charge < -0.3 is 16.4 Å². The molecule has 2 aliphatic heterocycles. The van der Waals surface area contributed by atoms with Crippen LogP contribution in [0.5, 0.6) is 0 Å². The Balaban J connectivity index is 1.94. The summed E-state index contributed by atoms with van der Waals surface area (Å²) in [6.07, 6.45) is 6.21. The highest BCUT2D eigenvalue weighted by atomic mass is 15.0. The number of piperidine rings is 2. The quantitative estimate of drug-likeness (QED) is 0.545. The lowest BCUT2D eigenvalue weighted by molar-refractivity contribution is 0.199. The van der Waals surface area contributed by atoms with E-state index in [9.17, 15) is 0 Å². The zero-order valence-corrected chi connectivity index (χ0v) is 8.31. The van der Waals surface area contributed by atoms with Gasteiger partial charge in [-0.15, -0.1) is 0 Å². The van der Waals surface area contributed by atoms with Gasteiger partial charge in [0.15, 0.2) is 0 Å². The van der Waals surface area contributed by atoms with Crippen LogP contribution in [0.1, 0.15) is 32.1 Å². The van der Waals surface area contributed by atoms with Gasteiger partial charge in [0, 0.05) is 11.6 Å². The minimum atomic E-state index is 0.0751. The lowest BCUT2D eigenvalue weighted by Crippen LogP contribution is -2.62. The van der Waals surface area contributed by atoms with E-state index in [1.807, 2.05) is 0 Å². The van der Waals surface area contributed by atoms with Crippen molar-refractivity contribution in [2.75, 3.05) is 19.6 Å².